The molecule has 0 aromatic carbocycles. The normalized spacial score (nSPS) is 16.3. The van der Waals surface area contributed by atoms with Crippen molar-refractivity contribution in [3.63, 3.8) is 0 Å². The number of hydrogen-bond donors (Lipinski definition) is 2. The summed E-state index contributed by atoms with van der Waals surface area (Å²) in [6.45, 7) is 7.05. The number of thiazole rings is 1. The summed E-state index contributed by atoms with van der Waals surface area (Å²) in [6, 6.07) is 0. The Labute approximate surface area is 149 Å². The lowest BCUT2D eigenvalue weighted by Gasteiger charge is -2.27. The zero-order valence-electron chi connectivity index (χ0n) is 13.3. The van der Waals surface area contributed by atoms with Gasteiger partial charge in [0.1, 0.15) is 0 Å². The number of amides is 1. The second kappa shape index (κ2) is 11.2. The van der Waals surface area contributed by atoms with Gasteiger partial charge in [0, 0.05) is 11.8 Å². The second-order valence-corrected chi connectivity index (χ2v) is 6.57. The van der Waals surface area contributed by atoms with Crippen molar-refractivity contribution in [3.05, 3.63) is 16.1 Å². The standard InChI is InChI=1S/C15H25N3OS.2ClH/c1-3-15-18-13(10-20-15)9-17-14(19)8-11(2)12-4-6-16-7-5-12;;/h10-12,16H,3-9H2,1-2H3,(H,17,19);2*1H. The quantitative estimate of drug-likeness (QED) is 0.811. The monoisotopic (exact) mass is 367 g/mol. The topological polar surface area (TPSA) is 54.0 Å². The summed E-state index contributed by atoms with van der Waals surface area (Å²) in [5.74, 6) is 1.31. The molecule has 2 N–H and O–H groups in total. The highest BCUT2D eigenvalue weighted by atomic mass is 35.5. The summed E-state index contributed by atoms with van der Waals surface area (Å²) in [6.07, 6.45) is 3.99. The molecule has 1 amide bonds. The van der Waals surface area contributed by atoms with E-state index in [1.807, 2.05) is 5.38 Å². The summed E-state index contributed by atoms with van der Waals surface area (Å²) >= 11 is 1.67. The Hall–Kier alpha value is -0.360. The highest BCUT2D eigenvalue weighted by Crippen LogP contribution is 2.24. The van der Waals surface area contributed by atoms with Gasteiger partial charge in [0.25, 0.3) is 0 Å². The lowest BCUT2D eigenvalue weighted by molar-refractivity contribution is -0.122. The third-order valence-electron chi connectivity index (χ3n) is 4.06. The van der Waals surface area contributed by atoms with Crippen molar-refractivity contribution >= 4 is 42.1 Å². The Kier molecular flexibility index (Phi) is 11.0. The van der Waals surface area contributed by atoms with Crippen molar-refractivity contribution in [1.82, 2.24) is 15.6 Å². The van der Waals surface area contributed by atoms with Crippen LogP contribution in [-0.2, 0) is 17.8 Å². The van der Waals surface area contributed by atoms with Crippen LogP contribution in [0.2, 0.25) is 0 Å². The number of nitrogens with one attached hydrogen (secondary N) is 2. The van der Waals surface area contributed by atoms with Crippen LogP contribution in [0.1, 0.15) is 43.8 Å². The largest absolute Gasteiger partial charge is 0.350 e. The van der Waals surface area contributed by atoms with Crippen LogP contribution in [0.25, 0.3) is 0 Å². The van der Waals surface area contributed by atoms with Crippen molar-refractivity contribution in [3.8, 4) is 0 Å². The van der Waals surface area contributed by atoms with E-state index in [1.165, 1.54) is 12.8 Å². The van der Waals surface area contributed by atoms with Gasteiger partial charge in [0.15, 0.2) is 0 Å². The van der Waals surface area contributed by atoms with Crippen LogP contribution in [0, 0.1) is 11.8 Å². The number of aromatic nitrogens is 1. The van der Waals surface area contributed by atoms with Crippen LogP contribution in [0.15, 0.2) is 5.38 Å². The number of carbonyl (C=O) groups is 1. The molecule has 4 nitrogen and oxygen atoms in total. The molecule has 2 rings (SSSR count). The SMILES string of the molecule is CCc1nc(CNC(=O)CC(C)C2CCNCC2)cs1.Cl.Cl. The molecule has 7 heteroatoms. The van der Waals surface area contributed by atoms with E-state index in [9.17, 15) is 4.79 Å². The van der Waals surface area contributed by atoms with Crippen LogP contribution >= 0.6 is 36.2 Å². The molecule has 1 aliphatic rings. The summed E-state index contributed by atoms with van der Waals surface area (Å²) in [5, 5.41) is 9.54. The van der Waals surface area contributed by atoms with Gasteiger partial charge < -0.3 is 10.6 Å². The Morgan fingerprint density at radius 1 is 1.45 bits per heavy atom. The molecule has 1 fully saturated rings. The minimum absolute atomic E-state index is 0. The molecule has 2 heterocycles. The van der Waals surface area contributed by atoms with Gasteiger partial charge >= 0.3 is 0 Å². The fourth-order valence-corrected chi connectivity index (χ4v) is 3.47. The van der Waals surface area contributed by atoms with Crippen molar-refractivity contribution in [2.75, 3.05) is 13.1 Å². The third kappa shape index (κ3) is 6.82. The summed E-state index contributed by atoms with van der Waals surface area (Å²) in [5.41, 5.74) is 0.981. The lowest BCUT2D eigenvalue weighted by Crippen LogP contribution is -2.33. The Balaban J connectivity index is 0.00000220. The number of hydrogen-bond acceptors (Lipinski definition) is 4. The number of aryl methyl sites for hydroxylation is 1. The van der Waals surface area contributed by atoms with E-state index in [4.69, 9.17) is 0 Å². The first-order valence-corrected chi connectivity index (χ1v) is 8.47. The molecular formula is C15H27Cl2N3OS. The molecule has 1 aromatic rings. The first-order valence-electron chi connectivity index (χ1n) is 7.59. The molecule has 1 atom stereocenters. The number of rotatable bonds is 6. The third-order valence-corrected chi connectivity index (χ3v) is 5.11. The Morgan fingerprint density at radius 2 is 2.14 bits per heavy atom. The highest BCUT2D eigenvalue weighted by molar-refractivity contribution is 7.09. The molecule has 128 valence electrons. The van der Waals surface area contributed by atoms with E-state index < -0.39 is 0 Å². The molecule has 1 aromatic heterocycles. The first kappa shape index (κ1) is 21.6. The van der Waals surface area contributed by atoms with E-state index in [2.05, 4.69) is 29.5 Å². The predicted molar refractivity (Wildman–Crippen MR) is 97.2 cm³/mol. The van der Waals surface area contributed by atoms with Crippen molar-refractivity contribution in [2.45, 2.75) is 46.1 Å². The fourth-order valence-electron chi connectivity index (χ4n) is 2.73. The van der Waals surface area contributed by atoms with Gasteiger partial charge in [-0.1, -0.05) is 13.8 Å². The molecule has 1 aliphatic heterocycles. The Bertz CT molecular complexity index is 436. The highest BCUT2D eigenvalue weighted by Gasteiger charge is 2.21. The minimum Gasteiger partial charge on any atom is -0.350 e. The molecule has 0 aliphatic carbocycles. The lowest BCUT2D eigenvalue weighted by atomic mass is 9.84. The van der Waals surface area contributed by atoms with Gasteiger partial charge in [-0.05, 0) is 44.2 Å². The fraction of sp³-hybridized carbons (Fsp3) is 0.733. The maximum absolute atomic E-state index is 12.0. The average Bonchev–Trinajstić information content (AvgIpc) is 2.94. The molecule has 22 heavy (non-hydrogen) atoms. The van der Waals surface area contributed by atoms with Crippen molar-refractivity contribution < 1.29 is 4.79 Å². The molecule has 1 saturated heterocycles. The predicted octanol–water partition coefficient (Wildman–Crippen LogP) is 3.19. The average molecular weight is 368 g/mol. The first-order chi connectivity index (χ1) is 9.69. The number of nitrogens with zero attached hydrogens (tertiary/aromatic N) is 1. The van der Waals surface area contributed by atoms with Crippen molar-refractivity contribution in [2.24, 2.45) is 11.8 Å². The van der Waals surface area contributed by atoms with Crippen molar-refractivity contribution in [1.29, 1.82) is 0 Å². The van der Waals surface area contributed by atoms with Crippen LogP contribution in [0.4, 0.5) is 0 Å². The van der Waals surface area contributed by atoms with E-state index >= 15 is 0 Å². The van der Waals surface area contributed by atoms with Crippen LogP contribution in [-0.4, -0.2) is 24.0 Å². The van der Waals surface area contributed by atoms with Crippen LogP contribution in [0.3, 0.4) is 0 Å². The van der Waals surface area contributed by atoms with E-state index in [-0.39, 0.29) is 30.7 Å². The Morgan fingerprint density at radius 3 is 2.73 bits per heavy atom. The zero-order valence-corrected chi connectivity index (χ0v) is 15.7. The molecule has 1 unspecified atom stereocenters. The molecular weight excluding hydrogens is 341 g/mol. The zero-order chi connectivity index (χ0) is 14.4. The molecule has 0 bridgehead atoms. The summed E-state index contributed by atoms with van der Waals surface area (Å²) < 4.78 is 0. The number of piperidine rings is 1. The molecule has 0 radical (unpaired) electrons. The van der Waals surface area contributed by atoms with Gasteiger partial charge in [-0.15, -0.1) is 36.2 Å². The van der Waals surface area contributed by atoms with Gasteiger partial charge in [-0.2, -0.15) is 0 Å². The summed E-state index contributed by atoms with van der Waals surface area (Å²) in [7, 11) is 0. The summed E-state index contributed by atoms with van der Waals surface area (Å²) in [4.78, 5) is 16.5. The van der Waals surface area contributed by atoms with Crippen LogP contribution in [0.5, 0.6) is 0 Å². The van der Waals surface area contributed by atoms with E-state index in [1.54, 1.807) is 11.3 Å². The number of carbonyl (C=O) groups excluding carboxylic acids is 1. The molecule has 0 spiro atoms. The maximum atomic E-state index is 12.0. The minimum atomic E-state index is 0. The second-order valence-electron chi connectivity index (χ2n) is 5.63. The van der Waals surface area contributed by atoms with Crippen LogP contribution < -0.4 is 10.6 Å². The van der Waals surface area contributed by atoms with Gasteiger partial charge in [-0.25, -0.2) is 4.98 Å². The van der Waals surface area contributed by atoms with Gasteiger partial charge in [-0.3, -0.25) is 4.79 Å². The maximum Gasteiger partial charge on any atom is 0.220 e. The van der Waals surface area contributed by atoms with Gasteiger partial charge in [0.2, 0.25) is 5.91 Å². The van der Waals surface area contributed by atoms with E-state index in [0.29, 0.717) is 24.8 Å². The number of halogens is 2. The van der Waals surface area contributed by atoms with E-state index in [0.717, 1.165) is 30.2 Å². The molecule has 0 saturated carbocycles. The van der Waals surface area contributed by atoms with Gasteiger partial charge in [0.05, 0.1) is 17.2 Å². The smallest absolute Gasteiger partial charge is 0.220 e.